The molecule has 0 bridgehead atoms. The Kier molecular flexibility index (Phi) is 4.20. The first-order valence-corrected chi connectivity index (χ1v) is 4.71. The molecule has 1 atom stereocenters. The lowest BCUT2D eigenvalue weighted by atomic mass is 10.1. The van der Waals surface area contributed by atoms with E-state index in [1.807, 2.05) is 6.07 Å². The zero-order valence-corrected chi connectivity index (χ0v) is 8.75. The zero-order chi connectivity index (χ0) is 12.0. The summed E-state index contributed by atoms with van der Waals surface area (Å²) in [4.78, 5) is 25.4. The SMILES string of the molecule is CC(NC(=O)/C=C/C(=O)O)c1cccnc1. The molecular weight excluding hydrogens is 208 g/mol. The number of nitrogens with zero attached hydrogens (tertiary/aromatic N) is 1. The molecule has 16 heavy (non-hydrogen) atoms. The lowest BCUT2D eigenvalue weighted by Crippen LogP contribution is -2.24. The summed E-state index contributed by atoms with van der Waals surface area (Å²) in [6, 6.07) is 3.39. The lowest BCUT2D eigenvalue weighted by molar-refractivity contribution is -0.131. The standard InChI is InChI=1S/C11H12N2O3/c1-8(9-3-2-6-12-7-9)13-10(14)4-5-11(15)16/h2-8H,1H3,(H,13,14)(H,15,16)/b5-4+. The number of nitrogens with one attached hydrogen (secondary N) is 1. The minimum absolute atomic E-state index is 0.209. The highest BCUT2D eigenvalue weighted by Gasteiger charge is 2.06. The monoisotopic (exact) mass is 220 g/mol. The van der Waals surface area contributed by atoms with Gasteiger partial charge in [0.05, 0.1) is 6.04 Å². The molecule has 1 amide bonds. The molecule has 0 aliphatic heterocycles. The van der Waals surface area contributed by atoms with E-state index in [2.05, 4.69) is 10.3 Å². The van der Waals surface area contributed by atoms with Gasteiger partial charge in [-0.3, -0.25) is 9.78 Å². The Hall–Kier alpha value is -2.17. The van der Waals surface area contributed by atoms with Crippen LogP contribution in [0.25, 0.3) is 0 Å². The van der Waals surface area contributed by atoms with Crippen LogP contribution in [-0.4, -0.2) is 22.0 Å². The molecule has 2 N–H and O–H groups in total. The van der Waals surface area contributed by atoms with Crippen LogP contribution in [0.4, 0.5) is 0 Å². The first kappa shape index (κ1) is 11.9. The molecule has 1 aromatic rings. The van der Waals surface area contributed by atoms with Gasteiger partial charge in [0.2, 0.25) is 5.91 Å². The average molecular weight is 220 g/mol. The molecule has 0 radical (unpaired) electrons. The van der Waals surface area contributed by atoms with Crippen molar-refractivity contribution in [1.82, 2.24) is 10.3 Å². The molecule has 0 aromatic carbocycles. The van der Waals surface area contributed by atoms with E-state index < -0.39 is 11.9 Å². The van der Waals surface area contributed by atoms with Crippen LogP contribution in [0.1, 0.15) is 18.5 Å². The number of hydrogen-bond acceptors (Lipinski definition) is 3. The van der Waals surface area contributed by atoms with E-state index in [4.69, 9.17) is 5.11 Å². The van der Waals surface area contributed by atoms with E-state index in [0.717, 1.165) is 17.7 Å². The van der Waals surface area contributed by atoms with Gasteiger partial charge in [0.1, 0.15) is 0 Å². The third-order valence-electron chi connectivity index (χ3n) is 1.92. The van der Waals surface area contributed by atoms with E-state index in [0.29, 0.717) is 0 Å². The van der Waals surface area contributed by atoms with E-state index in [-0.39, 0.29) is 6.04 Å². The van der Waals surface area contributed by atoms with Crippen LogP contribution in [0, 0.1) is 0 Å². The highest BCUT2D eigenvalue weighted by atomic mass is 16.4. The van der Waals surface area contributed by atoms with Crippen LogP contribution in [-0.2, 0) is 9.59 Å². The topological polar surface area (TPSA) is 79.3 Å². The Morgan fingerprint density at radius 3 is 2.81 bits per heavy atom. The van der Waals surface area contributed by atoms with Gasteiger partial charge in [-0.1, -0.05) is 6.07 Å². The van der Waals surface area contributed by atoms with E-state index in [1.54, 1.807) is 25.4 Å². The number of aliphatic carboxylic acids is 1. The molecule has 0 saturated carbocycles. The van der Waals surface area contributed by atoms with Crippen molar-refractivity contribution in [2.75, 3.05) is 0 Å². The van der Waals surface area contributed by atoms with E-state index in [9.17, 15) is 9.59 Å². The summed E-state index contributed by atoms with van der Waals surface area (Å²) in [7, 11) is 0. The average Bonchev–Trinajstić information content (AvgIpc) is 2.27. The van der Waals surface area contributed by atoms with Crippen molar-refractivity contribution >= 4 is 11.9 Å². The third kappa shape index (κ3) is 3.91. The fraction of sp³-hybridized carbons (Fsp3) is 0.182. The van der Waals surface area contributed by atoms with Gasteiger partial charge in [-0.05, 0) is 18.6 Å². The van der Waals surface area contributed by atoms with Gasteiger partial charge in [-0.25, -0.2) is 4.79 Å². The van der Waals surface area contributed by atoms with Crippen molar-refractivity contribution < 1.29 is 14.7 Å². The highest BCUT2D eigenvalue weighted by molar-refractivity contribution is 5.94. The highest BCUT2D eigenvalue weighted by Crippen LogP contribution is 2.09. The molecule has 1 aromatic heterocycles. The molecule has 0 spiro atoms. The maximum Gasteiger partial charge on any atom is 0.328 e. The molecule has 5 nitrogen and oxygen atoms in total. The van der Waals surface area contributed by atoms with Gasteiger partial charge in [0, 0.05) is 24.5 Å². The second-order valence-electron chi connectivity index (χ2n) is 3.19. The summed E-state index contributed by atoms with van der Waals surface area (Å²) >= 11 is 0. The number of carbonyl (C=O) groups excluding carboxylic acids is 1. The van der Waals surface area contributed by atoms with Crippen molar-refractivity contribution in [3.8, 4) is 0 Å². The molecule has 1 rings (SSSR count). The molecule has 0 aliphatic rings. The molecule has 84 valence electrons. The van der Waals surface area contributed by atoms with Gasteiger partial charge >= 0.3 is 5.97 Å². The number of rotatable bonds is 4. The minimum atomic E-state index is -1.15. The molecule has 0 saturated heterocycles. The van der Waals surface area contributed by atoms with Gasteiger partial charge in [0.25, 0.3) is 0 Å². The van der Waals surface area contributed by atoms with Crippen molar-refractivity contribution in [3.63, 3.8) is 0 Å². The fourth-order valence-corrected chi connectivity index (χ4v) is 1.12. The van der Waals surface area contributed by atoms with Crippen molar-refractivity contribution in [2.24, 2.45) is 0 Å². The van der Waals surface area contributed by atoms with Crippen LogP contribution in [0.15, 0.2) is 36.7 Å². The second-order valence-corrected chi connectivity index (χ2v) is 3.19. The van der Waals surface area contributed by atoms with Crippen LogP contribution >= 0.6 is 0 Å². The van der Waals surface area contributed by atoms with Crippen molar-refractivity contribution in [1.29, 1.82) is 0 Å². The molecule has 0 fully saturated rings. The van der Waals surface area contributed by atoms with E-state index >= 15 is 0 Å². The van der Waals surface area contributed by atoms with Crippen molar-refractivity contribution in [2.45, 2.75) is 13.0 Å². The Morgan fingerprint density at radius 1 is 1.50 bits per heavy atom. The Labute approximate surface area is 92.8 Å². The molecule has 1 unspecified atom stereocenters. The summed E-state index contributed by atoms with van der Waals surface area (Å²) in [5, 5.41) is 11.0. The number of pyridine rings is 1. The number of carbonyl (C=O) groups is 2. The quantitative estimate of drug-likeness (QED) is 0.739. The summed E-state index contributed by atoms with van der Waals surface area (Å²) in [5.74, 6) is -1.59. The molecule has 1 heterocycles. The number of aromatic nitrogens is 1. The first-order chi connectivity index (χ1) is 7.59. The summed E-state index contributed by atoms with van der Waals surface area (Å²) in [5.41, 5.74) is 0.861. The Morgan fingerprint density at radius 2 is 2.25 bits per heavy atom. The van der Waals surface area contributed by atoms with Crippen LogP contribution in [0.5, 0.6) is 0 Å². The first-order valence-electron chi connectivity index (χ1n) is 4.71. The normalized spacial score (nSPS) is 12.3. The summed E-state index contributed by atoms with van der Waals surface area (Å²) in [6.45, 7) is 1.80. The predicted molar refractivity (Wildman–Crippen MR) is 57.6 cm³/mol. The van der Waals surface area contributed by atoms with Gasteiger partial charge in [-0.2, -0.15) is 0 Å². The predicted octanol–water partition coefficient (Wildman–Crippen LogP) is 0.900. The van der Waals surface area contributed by atoms with Crippen LogP contribution in [0.3, 0.4) is 0 Å². The maximum atomic E-state index is 11.2. The van der Waals surface area contributed by atoms with Crippen molar-refractivity contribution in [3.05, 3.63) is 42.2 Å². The Bertz CT molecular complexity index is 401. The van der Waals surface area contributed by atoms with Gasteiger partial charge < -0.3 is 10.4 Å². The number of amides is 1. The van der Waals surface area contributed by atoms with E-state index in [1.165, 1.54) is 0 Å². The smallest absolute Gasteiger partial charge is 0.328 e. The lowest BCUT2D eigenvalue weighted by Gasteiger charge is -2.11. The molecule has 5 heteroatoms. The van der Waals surface area contributed by atoms with Crippen LogP contribution < -0.4 is 5.32 Å². The minimum Gasteiger partial charge on any atom is -0.478 e. The largest absolute Gasteiger partial charge is 0.478 e. The number of hydrogen-bond donors (Lipinski definition) is 2. The summed E-state index contributed by atoms with van der Waals surface area (Å²) < 4.78 is 0. The second kappa shape index (κ2) is 5.65. The zero-order valence-electron chi connectivity index (χ0n) is 8.75. The molecular formula is C11H12N2O3. The molecule has 0 aliphatic carbocycles. The van der Waals surface area contributed by atoms with Gasteiger partial charge in [-0.15, -0.1) is 0 Å². The van der Waals surface area contributed by atoms with Crippen LogP contribution in [0.2, 0.25) is 0 Å². The Balaban J connectivity index is 2.55. The third-order valence-corrected chi connectivity index (χ3v) is 1.92. The number of carboxylic acids is 1. The summed E-state index contributed by atoms with van der Waals surface area (Å²) in [6.07, 6.45) is 5.06. The van der Waals surface area contributed by atoms with Gasteiger partial charge in [0.15, 0.2) is 0 Å². The maximum absolute atomic E-state index is 11.2. The number of carboxylic acid groups (broad SMARTS) is 1. The fourth-order valence-electron chi connectivity index (χ4n) is 1.12.